The standard InChI is InChI=1S/C34H34/c1-6-27(4)34(33(7-2)31-18-9-8-10-19-31)32-24-21-29(22-25-32)16-13-14-26(3)20-23-30-17-12-11-15-28(30)5/h7-12,15,17-25H,3,6,14H2,1-2,4-5H3/b23-20-,33-7-,34-27?. The zero-order valence-electron chi connectivity index (χ0n) is 20.9. The topological polar surface area (TPSA) is 0 Å². The van der Waals surface area contributed by atoms with Crippen LogP contribution in [0.5, 0.6) is 0 Å². The summed E-state index contributed by atoms with van der Waals surface area (Å²) < 4.78 is 0. The fourth-order valence-corrected chi connectivity index (χ4v) is 3.90. The Morgan fingerprint density at radius 2 is 1.56 bits per heavy atom. The summed E-state index contributed by atoms with van der Waals surface area (Å²) in [5.74, 6) is 6.56. The average molecular weight is 443 g/mol. The largest absolute Gasteiger partial charge is 0.0949 e. The summed E-state index contributed by atoms with van der Waals surface area (Å²) in [7, 11) is 0. The molecular weight excluding hydrogens is 408 g/mol. The molecule has 3 aromatic rings. The van der Waals surface area contributed by atoms with Crippen LogP contribution < -0.4 is 0 Å². The first-order valence-corrected chi connectivity index (χ1v) is 12.0. The third kappa shape index (κ3) is 6.60. The Morgan fingerprint density at radius 3 is 2.21 bits per heavy atom. The summed E-state index contributed by atoms with van der Waals surface area (Å²) in [6.07, 6.45) is 8.06. The molecule has 0 spiro atoms. The van der Waals surface area contributed by atoms with E-state index >= 15 is 0 Å². The van der Waals surface area contributed by atoms with Crippen molar-refractivity contribution in [3.05, 3.63) is 137 Å². The Kier molecular flexibility index (Phi) is 9.07. The molecule has 0 radical (unpaired) electrons. The molecule has 0 heterocycles. The van der Waals surface area contributed by atoms with Crippen LogP contribution in [0.15, 0.2) is 109 Å². The molecule has 0 aliphatic carbocycles. The summed E-state index contributed by atoms with van der Waals surface area (Å²) in [6.45, 7) is 12.8. The first-order valence-electron chi connectivity index (χ1n) is 12.0. The highest BCUT2D eigenvalue weighted by atomic mass is 14.2. The Bertz CT molecular complexity index is 1270. The van der Waals surface area contributed by atoms with Crippen molar-refractivity contribution in [2.75, 3.05) is 0 Å². The molecule has 0 aliphatic rings. The molecule has 0 bridgehead atoms. The number of hydrogen-bond donors (Lipinski definition) is 0. The maximum absolute atomic E-state index is 4.15. The van der Waals surface area contributed by atoms with E-state index in [0.29, 0.717) is 6.42 Å². The minimum absolute atomic E-state index is 0.654. The SMILES string of the molecule is C=C(/C=C\c1ccccc1C)CC#Cc1ccc(C(=C(C)CC)/C(=C\C)c2ccccc2)cc1. The lowest BCUT2D eigenvalue weighted by Crippen LogP contribution is -1.95. The smallest absolute Gasteiger partial charge is 0.0338 e. The van der Waals surface area contributed by atoms with Crippen molar-refractivity contribution >= 4 is 17.2 Å². The predicted molar refractivity (Wildman–Crippen MR) is 150 cm³/mol. The third-order valence-electron chi connectivity index (χ3n) is 6.01. The Labute approximate surface area is 206 Å². The molecule has 0 atom stereocenters. The van der Waals surface area contributed by atoms with E-state index in [4.69, 9.17) is 0 Å². The molecule has 0 aliphatic heterocycles. The Morgan fingerprint density at radius 1 is 0.882 bits per heavy atom. The molecule has 0 unspecified atom stereocenters. The molecule has 0 nitrogen and oxygen atoms in total. The van der Waals surface area contributed by atoms with Gasteiger partial charge in [0.2, 0.25) is 0 Å². The summed E-state index contributed by atoms with van der Waals surface area (Å²) in [4.78, 5) is 0. The molecule has 0 aromatic heterocycles. The van der Waals surface area contributed by atoms with E-state index in [9.17, 15) is 0 Å². The van der Waals surface area contributed by atoms with Crippen molar-refractivity contribution in [1.82, 2.24) is 0 Å². The van der Waals surface area contributed by atoms with Crippen molar-refractivity contribution in [3.63, 3.8) is 0 Å². The van der Waals surface area contributed by atoms with Gasteiger partial charge in [0.1, 0.15) is 0 Å². The Hall–Kier alpha value is -3.82. The van der Waals surface area contributed by atoms with Gasteiger partial charge in [-0.2, -0.15) is 0 Å². The zero-order chi connectivity index (χ0) is 24.3. The fourth-order valence-electron chi connectivity index (χ4n) is 3.90. The predicted octanol–water partition coefficient (Wildman–Crippen LogP) is 9.29. The first-order chi connectivity index (χ1) is 16.5. The van der Waals surface area contributed by atoms with Gasteiger partial charge >= 0.3 is 0 Å². The van der Waals surface area contributed by atoms with Crippen molar-refractivity contribution in [1.29, 1.82) is 0 Å². The van der Waals surface area contributed by atoms with Gasteiger partial charge in [0.05, 0.1) is 0 Å². The molecular formula is C34H34. The second-order valence-electron chi connectivity index (χ2n) is 8.48. The highest BCUT2D eigenvalue weighted by Gasteiger charge is 2.12. The van der Waals surface area contributed by atoms with Gasteiger partial charge in [0.15, 0.2) is 0 Å². The van der Waals surface area contributed by atoms with Crippen LogP contribution in [0.3, 0.4) is 0 Å². The van der Waals surface area contributed by atoms with E-state index in [-0.39, 0.29) is 0 Å². The average Bonchev–Trinajstić information content (AvgIpc) is 2.87. The third-order valence-corrected chi connectivity index (χ3v) is 6.01. The Balaban J connectivity index is 1.74. The first kappa shape index (κ1) is 24.8. The molecule has 3 aromatic carbocycles. The van der Waals surface area contributed by atoms with Crippen LogP contribution in [-0.4, -0.2) is 0 Å². The van der Waals surface area contributed by atoms with Gasteiger partial charge in [0, 0.05) is 12.0 Å². The molecule has 0 heteroatoms. The van der Waals surface area contributed by atoms with E-state index in [1.165, 1.54) is 39.0 Å². The van der Waals surface area contributed by atoms with E-state index in [0.717, 1.165) is 17.6 Å². The summed E-state index contributed by atoms with van der Waals surface area (Å²) >= 11 is 0. The second-order valence-corrected chi connectivity index (χ2v) is 8.48. The normalized spacial score (nSPS) is 12.2. The highest BCUT2D eigenvalue weighted by Crippen LogP contribution is 2.35. The van der Waals surface area contributed by atoms with Gasteiger partial charge in [-0.05, 0) is 78.3 Å². The van der Waals surface area contributed by atoms with Gasteiger partial charge in [-0.15, -0.1) is 0 Å². The quantitative estimate of drug-likeness (QED) is 0.252. The lowest BCUT2D eigenvalue weighted by atomic mass is 9.88. The van der Waals surface area contributed by atoms with Crippen LogP contribution in [0.2, 0.25) is 0 Å². The van der Waals surface area contributed by atoms with Crippen molar-refractivity contribution in [3.8, 4) is 11.8 Å². The molecule has 3 rings (SSSR count). The lowest BCUT2D eigenvalue weighted by molar-refractivity contribution is 1.11. The van der Waals surface area contributed by atoms with Crippen LogP contribution in [0.25, 0.3) is 17.2 Å². The maximum Gasteiger partial charge on any atom is 0.0338 e. The highest BCUT2D eigenvalue weighted by molar-refractivity contribution is 6.06. The van der Waals surface area contributed by atoms with E-state index in [1.54, 1.807) is 0 Å². The van der Waals surface area contributed by atoms with Gasteiger partial charge in [-0.25, -0.2) is 0 Å². The number of aryl methyl sites for hydroxylation is 1. The summed E-state index contributed by atoms with van der Waals surface area (Å²) in [6, 6.07) is 27.6. The van der Waals surface area contributed by atoms with Crippen LogP contribution in [-0.2, 0) is 0 Å². The second kappa shape index (κ2) is 12.4. The molecule has 0 N–H and O–H groups in total. The molecule has 170 valence electrons. The molecule has 0 amide bonds. The minimum Gasteiger partial charge on any atom is -0.0949 e. The molecule has 0 saturated carbocycles. The van der Waals surface area contributed by atoms with Crippen LogP contribution >= 0.6 is 0 Å². The molecule has 0 fully saturated rings. The number of rotatable bonds is 7. The summed E-state index contributed by atoms with van der Waals surface area (Å²) in [5, 5.41) is 0. The number of benzene rings is 3. The van der Waals surface area contributed by atoms with Crippen LogP contribution in [0, 0.1) is 18.8 Å². The number of hydrogen-bond acceptors (Lipinski definition) is 0. The zero-order valence-corrected chi connectivity index (χ0v) is 20.9. The van der Waals surface area contributed by atoms with E-state index in [1.807, 2.05) is 0 Å². The van der Waals surface area contributed by atoms with Crippen LogP contribution in [0.1, 0.15) is 61.4 Å². The number of allylic oxidation sites excluding steroid dienone is 6. The van der Waals surface area contributed by atoms with E-state index < -0.39 is 0 Å². The van der Waals surface area contributed by atoms with Gasteiger partial charge in [0.25, 0.3) is 0 Å². The lowest BCUT2D eigenvalue weighted by Gasteiger charge is -2.17. The van der Waals surface area contributed by atoms with Gasteiger partial charge in [-0.3, -0.25) is 0 Å². The van der Waals surface area contributed by atoms with Crippen molar-refractivity contribution < 1.29 is 0 Å². The van der Waals surface area contributed by atoms with E-state index in [2.05, 4.69) is 143 Å². The van der Waals surface area contributed by atoms with Gasteiger partial charge < -0.3 is 0 Å². The molecule has 0 saturated heterocycles. The fraction of sp³-hybridized carbons (Fsp3) is 0.176. The maximum atomic E-state index is 4.15. The summed E-state index contributed by atoms with van der Waals surface area (Å²) in [5.41, 5.74) is 11.0. The van der Waals surface area contributed by atoms with Gasteiger partial charge in [-0.1, -0.05) is 116 Å². The van der Waals surface area contributed by atoms with Crippen LogP contribution in [0.4, 0.5) is 0 Å². The van der Waals surface area contributed by atoms with Crippen molar-refractivity contribution in [2.45, 2.75) is 40.5 Å². The molecule has 34 heavy (non-hydrogen) atoms. The van der Waals surface area contributed by atoms with Crippen molar-refractivity contribution in [2.24, 2.45) is 0 Å². The minimum atomic E-state index is 0.654. The monoisotopic (exact) mass is 442 g/mol.